The average molecular weight is 296 g/mol. The fourth-order valence-electron chi connectivity index (χ4n) is 2.35. The molecule has 0 saturated heterocycles. The van der Waals surface area contributed by atoms with Gasteiger partial charge in [-0.15, -0.1) is 0 Å². The van der Waals surface area contributed by atoms with Crippen LogP contribution in [-0.4, -0.2) is 12.3 Å². The van der Waals surface area contributed by atoms with E-state index in [9.17, 15) is 0 Å². The van der Waals surface area contributed by atoms with Crippen LogP contribution >= 0.6 is 0 Å². The number of hydrogen-bond acceptors (Lipinski definition) is 6. The number of nitrogens with one attached hydrogen (secondary N) is 1. The first-order valence-electron chi connectivity index (χ1n) is 6.67. The summed E-state index contributed by atoms with van der Waals surface area (Å²) in [6.07, 6.45) is 1.62. The Kier molecular flexibility index (Phi) is 2.94. The number of nitrogens with zero attached hydrogens (tertiary/aromatic N) is 1. The largest absolute Gasteiger partial charge is 0.497 e. The summed E-state index contributed by atoms with van der Waals surface area (Å²) in [6, 6.07) is 13.3. The maximum absolute atomic E-state index is 5.18. The molecule has 0 saturated carbocycles. The molecule has 0 radical (unpaired) electrons. The highest BCUT2D eigenvalue weighted by Gasteiger charge is 2.18. The molecule has 2 aromatic carbocycles. The second kappa shape index (κ2) is 5.09. The summed E-state index contributed by atoms with van der Waals surface area (Å²) in [6.45, 7) is 0. The van der Waals surface area contributed by atoms with E-state index in [0.29, 0.717) is 11.5 Å². The lowest BCUT2D eigenvalue weighted by Crippen LogP contribution is -2.14. The van der Waals surface area contributed by atoms with Crippen molar-refractivity contribution in [3.05, 3.63) is 48.7 Å². The van der Waals surface area contributed by atoms with Gasteiger partial charge in [-0.1, -0.05) is 17.3 Å². The molecule has 1 aliphatic heterocycles. The van der Waals surface area contributed by atoms with Crippen LogP contribution in [0.25, 0.3) is 22.4 Å². The van der Waals surface area contributed by atoms with Crippen molar-refractivity contribution in [2.45, 2.75) is 0 Å². The predicted molar refractivity (Wildman–Crippen MR) is 78.3 cm³/mol. The number of fused-ring (bicyclic) bond motifs is 1. The van der Waals surface area contributed by atoms with Crippen molar-refractivity contribution in [1.82, 2.24) is 10.8 Å². The Bertz CT molecular complexity index is 811. The van der Waals surface area contributed by atoms with Crippen LogP contribution in [0.3, 0.4) is 0 Å². The molecule has 2 heterocycles. The Hall–Kier alpha value is -2.99. The van der Waals surface area contributed by atoms with Gasteiger partial charge in [0.25, 0.3) is 0 Å². The van der Waals surface area contributed by atoms with E-state index in [1.165, 1.54) is 0 Å². The standard InChI is InChI=1S/C16H12N2O4/c1-19-12-5-2-10(3-6-12)13-9-20-17-16(13)11-4-7-14-15(8-11)22-18-21-14/h2-9,18H,1H3. The highest BCUT2D eigenvalue weighted by atomic mass is 16.9. The maximum Gasteiger partial charge on any atom is 0.196 e. The van der Waals surface area contributed by atoms with Gasteiger partial charge in [0.05, 0.1) is 7.11 Å². The molecule has 22 heavy (non-hydrogen) atoms. The first-order valence-corrected chi connectivity index (χ1v) is 6.67. The molecule has 0 unspecified atom stereocenters. The van der Waals surface area contributed by atoms with Gasteiger partial charge >= 0.3 is 0 Å². The molecule has 0 aliphatic carbocycles. The van der Waals surface area contributed by atoms with E-state index >= 15 is 0 Å². The number of aromatic nitrogens is 1. The van der Waals surface area contributed by atoms with Gasteiger partial charge in [0.15, 0.2) is 11.5 Å². The van der Waals surface area contributed by atoms with E-state index in [0.717, 1.165) is 28.1 Å². The Morgan fingerprint density at radius 3 is 2.55 bits per heavy atom. The molecule has 4 rings (SSSR count). The number of benzene rings is 2. The van der Waals surface area contributed by atoms with Gasteiger partial charge in [-0.05, 0) is 35.9 Å². The van der Waals surface area contributed by atoms with Crippen molar-refractivity contribution in [2.75, 3.05) is 7.11 Å². The fourth-order valence-corrected chi connectivity index (χ4v) is 2.35. The molecule has 0 bridgehead atoms. The van der Waals surface area contributed by atoms with E-state index in [1.54, 1.807) is 13.4 Å². The molecular weight excluding hydrogens is 284 g/mol. The zero-order valence-corrected chi connectivity index (χ0v) is 11.7. The third kappa shape index (κ3) is 2.06. The number of hydrogen-bond donors (Lipinski definition) is 1. The maximum atomic E-state index is 5.18. The zero-order valence-electron chi connectivity index (χ0n) is 11.7. The van der Waals surface area contributed by atoms with E-state index < -0.39 is 0 Å². The number of ether oxygens (including phenoxy) is 1. The Balaban J connectivity index is 1.76. The van der Waals surface area contributed by atoms with E-state index in [2.05, 4.69) is 10.8 Å². The van der Waals surface area contributed by atoms with Crippen LogP contribution in [0.2, 0.25) is 0 Å². The van der Waals surface area contributed by atoms with Gasteiger partial charge in [0, 0.05) is 16.8 Å². The highest BCUT2D eigenvalue weighted by molar-refractivity contribution is 5.81. The van der Waals surface area contributed by atoms with Crippen molar-refractivity contribution in [1.29, 1.82) is 0 Å². The SMILES string of the molecule is COc1ccc(-c2conc2-c2ccc3c(c2)ONO3)cc1. The highest BCUT2D eigenvalue weighted by Crippen LogP contribution is 2.37. The summed E-state index contributed by atoms with van der Waals surface area (Å²) in [5, 5.41) is 4.11. The second-order valence-corrected chi connectivity index (χ2v) is 4.75. The smallest absolute Gasteiger partial charge is 0.196 e. The summed E-state index contributed by atoms with van der Waals surface area (Å²) in [7, 11) is 1.64. The summed E-state index contributed by atoms with van der Waals surface area (Å²) < 4.78 is 10.3. The summed E-state index contributed by atoms with van der Waals surface area (Å²) in [4.78, 5) is 10.2. The van der Waals surface area contributed by atoms with Crippen molar-refractivity contribution in [3.8, 4) is 39.6 Å². The van der Waals surface area contributed by atoms with Gasteiger partial charge < -0.3 is 18.9 Å². The Morgan fingerprint density at radius 1 is 0.955 bits per heavy atom. The molecule has 1 aromatic heterocycles. The molecular formula is C16H12N2O4. The molecule has 1 aliphatic rings. The average Bonchev–Trinajstić information content (AvgIpc) is 3.23. The Morgan fingerprint density at radius 2 is 1.73 bits per heavy atom. The lowest BCUT2D eigenvalue weighted by atomic mass is 10.0. The molecule has 0 atom stereocenters. The van der Waals surface area contributed by atoms with Crippen LogP contribution in [0.4, 0.5) is 0 Å². The zero-order chi connectivity index (χ0) is 14.9. The number of rotatable bonds is 3. The second-order valence-electron chi connectivity index (χ2n) is 4.75. The lowest BCUT2D eigenvalue weighted by molar-refractivity contribution is 0.0260. The van der Waals surface area contributed by atoms with Gasteiger partial charge in [0.1, 0.15) is 17.7 Å². The number of methoxy groups -OCH3 is 1. The van der Waals surface area contributed by atoms with Crippen molar-refractivity contribution in [3.63, 3.8) is 0 Å². The normalized spacial score (nSPS) is 12.4. The molecule has 6 nitrogen and oxygen atoms in total. The van der Waals surface area contributed by atoms with Gasteiger partial charge in [-0.25, -0.2) is 0 Å². The molecule has 0 amide bonds. The quantitative estimate of drug-likeness (QED) is 0.800. The minimum Gasteiger partial charge on any atom is -0.497 e. The van der Waals surface area contributed by atoms with Crippen LogP contribution in [0.5, 0.6) is 17.2 Å². The van der Waals surface area contributed by atoms with E-state index in [4.69, 9.17) is 18.9 Å². The third-order valence-electron chi connectivity index (χ3n) is 3.49. The summed E-state index contributed by atoms with van der Waals surface area (Å²) in [5.41, 5.74) is 5.87. The van der Waals surface area contributed by atoms with Crippen molar-refractivity contribution in [2.24, 2.45) is 0 Å². The lowest BCUT2D eigenvalue weighted by Gasteiger charge is -2.04. The van der Waals surface area contributed by atoms with Crippen LogP contribution in [-0.2, 0) is 0 Å². The van der Waals surface area contributed by atoms with Gasteiger partial charge in [-0.3, -0.25) is 0 Å². The summed E-state index contributed by atoms with van der Waals surface area (Å²) in [5.74, 6) is 2.05. The van der Waals surface area contributed by atoms with Gasteiger partial charge in [0.2, 0.25) is 0 Å². The van der Waals surface area contributed by atoms with Crippen molar-refractivity contribution >= 4 is 0 Å². The molecule has 110 valence electrons. The molecule has 6 heteroatoms. The molecule has 1 N–H and O–H groups in total. The Labute approximate surface area is 126 Å². The topological polar surface area (TPSA) is 65.8 Å². The van der Waals surface area contributed by atoms with Gasteiger partial charge in [-0.2, -0.15) is 0 Å². The van der Waals surface area contributed by atoms with Crippen molar-refractivity contribution < 1.29 is 18.9 Å². The van der Waals surface area contributed by atoms with E-state index in [1.807, 2.05) is 42.5 Å². The van der Waals surface area contributed by atoms with Crippen LogP contribution < -0.4 is 20.1 Å². The van der Waals surface area contributed by atoms with E-state index in [-0.39, 0.29) is 0 Å². The molecule has 0 fully saturated rings. The monoisotopic (exact) mass is 296 g/mol. The fraction of sp³-hybridized carbons (Fsp3) is 0.0625. The van der Waals surface area contributed by atoms with Crippen LogP contribution in [0.1, 0.15) is 0 Å². The minimum atomic E-state index is 0.612. The predicted octanol–water partition coefficient (Wildman–Crippen LogP) is 3.21. The first-order chi connectivity index (χ1) is 10.8. The molecule has 3 aromatic rings. The van der Waals surface area contributed by atoms with Crippen LogP contribution in [0.15, 0.2) is 53.3 Å². The minimum absolute atomic E-state index is 0.612. The molecule has 0 spiro atoms. The first kappa shape index (κ1) is 12.7. The van der Waals surface area contributed by atoms with Crippen LogP contribution in [0, 0.1) is 0 Å². The summed E-state index contributed by atoms with van der Waals surface area (Å²) >= 11 is 0. The third-order valence-corrected chi connectivity index (χ3v) is 3.49.